The number of piperazine rings is 1. The average Bonchev–Trinajstić information content (AvgIpc) is 2.72. The SMILES string of the molecule is COc1cccc(C(=O)N2CCN(c3ncccc3C#N)CC2)c1OC. The highest BCUT2D eigenvalue weighted by Gasteiger charge is 2.26. The quantitative estimate of drug-likeness (QED) is 0.837. The fraction of sp³-hybridized carbons (Fsp3) is 0.316. The lowest BCUT2D eigenvalue weighted by Gasteiger charge is -2.35. The molecule has 0 radical (unpaired) electrons. The minimum atomic E-state index is -0.0954. The lowest BCUT2D eigenvalue weighted by molar-refractivity contribution is 0.0742. The van der Waals surface area contributed by atoms with Gasteiger partial charge in [0.2, 0.25) is 0 Å². The van der Waals surface area contributed by atoms with Crippen LogP contribution in [0.3, 0.4) is 0 Å². The summed E-state index contributed by atoms with van der Waals surface area (Å²) in [5.41, 5.74) is 1.03. The van der Waals surface area contributed by atoms with E-state index in [1.54, 1.807) is 48.5 Å². The fourth-order valence-corrected chi connectivity index (χ4v) is 3.08. The van der Waals surface area contributed by atoms with Gasteiger partial charge in [-0.3, -0.25) is 4.79 Å². The van der Waals surface area contributed by atoms with Crippen LogP contribution in [-0.2, 0) is 0 Å². The van der Waals surface area contributed by atoms with Gasteiger partial charge in [0.25, 0.3) is 5.91 Å². The largest absolute Gasteiger partial charge is 0.493 e. The Bertz CT molecular complexity index is 839. The molecule has 1 aromatic heterocycles. The highest BCUT2D eigenvalue weighted by molar-refractivity contribution is 5.98. The zero-order valence-electron chi connectivity index (χ0n) is 14.8. The van der Waals surface area contributed by atoms with Crippen molar-refractivity contribution < 1.29 is 14.3 Å². The molecule has 0 spiro atoms. The average molecular weight is 352 g/mol. The first-order chi connectivity index (χ1) is 12.7. The van der Waals surface area contributed by atoms with E-state index in [-0.39, 0.29) is 5.91 Å². The maximum atomic E-state index is 12.9. The first-order valence-electron chi connectivity index (χ1n) is 8.30. The van der Waals surface area contributed by atoms with E-state index in [0.29, 0.717) is 54.6 Å². The summed E-state index contributed by atoms with van der Waals surface area (Å²) in [6.07, 6.45) is 1.68. The van der Waals surface area contributed by atoms with E-state index in [9.17, 15) is 10.1 Å². The zero-order valence-corrected chi connectivity index (χ0v) is 14.8. The van der Waals surface area contributed by atoms with Gasteiger partial charge in [0.05, 0.1) is 25.3 Å². The van der Waals surface area contributed by atoms with Gasteiger partial charge in [-0.15, -0.1) is 0 Å². The van der Waals surface area contributed by atoms with E-state index >= 15 is 0 Å². The van der Waals surface area contributed by atoms with Gasteiger partial charge in [-0.1, -0.05) is 6.07 Å². The van der Waals surface area contributed by atoms with Crippen LogP contribution >= 0.6 is 0 Å². The molecule has 26 heavy (non-hydrogen) atoms. The van der Waals surface area contributed by atoms with Crippen LogP contribution in [0.25, 0.3) is 0 Å². The zero-order chi connectivity index (χ0) is 18.5. The van der Waals surface area contributed by atoms with Crippen LogP contribution in [0.1, 0.15) is 15.9 Å². The van der Waals surface area contributed by atoms with Gasteiger partial charge < -0.3 is 19.3 Å². The fourth-order valence-electron chi connectivity index (χ4n) is 3.08. The van der Waals surface area contributed by atoms with Crippen molar-refractivity contribution in [2.24, 2.45) is 0 Å². The molecule has 1 saturated heterocycles. The second-order valence-corrected chi connectivity index (χ2v) is 5.81. The molecule has 0 unspecified atom stereocenters. The van der Waals surface area contributed by atoms with Gasteiger partial charge in [0.15, 0.2) is 11.5 Å². The molecule has 1 aliphatic rings. The Balaban J connectivity index is 1.75. The number of nitriles is 1. The summed E-state index contributed by atoms with van der Waals surface area (Å²) in [7, 11) is 3.07. The Morgan fingerprint density at radius 1 is 1.12 bits per heavy atom. The van der Waals surface area contributed by atoms with Gasteiger partial charge in [-0.05, 0) is 24.3 Å². The molecule has 134 valence electrons. The van der Waals surface area contributed by atoms with E-state index in [4.69, 9.17) is 9.47 Å². The number of benzene rings is 1. The maximum Gasteiger partial charge on any atom is 0.257 e. The Hall–Kier alpha value is -3.27. The molecular weight excluding hydrogens is 332 g/mol. The van der Waals surface area contributed by atoms with Crippen molar-refractivity contribution in [2.75, 3.05) is 45.3 Å². The monoisotopic (exact) mass is 352 g/mol. The summed E-state index contributed by atoms with van der Waals surface area (Å²) in [6, 6.07) is 10.9. The summed E-state index contributed by atoms with van der Waals surface area (Å²) in [5, 5.41) is 9.24. The number of pyridine rings is 1. The van der Waals surface area contributed by atoms with Crippen molar-refractivity contribution in [1.82, 2.24) is 9.88 Å². The first-order valence-corrected chi connectivity index (χ1v) is 8.30. The number of hydrogen-bond acceptors (Lipinski definition) is 6. The molecule has 2 heterocycles. The Morgan fingerprint density at radius 2 is 1.88 bits per heavy atom. The Morgan fingerprint density at radius 3 is 2.54 bits per heavy atom. The van der Waals surface area contributed by atoms with Crippen LogP contribution < -0.4 is 14.4 Å². The molecular formula is C19H20N4O3. The Labute approximate surface area is 152 Å². The number of anilines is 1. The first kappa shape index (κ1) is 17.5. The van der Waals surface area contributed by atoms with Crippen molar-refractivity contribution in [3.63, 3.8) is 0 Å². The number of aromatic nitrogens is 1. The Kier molecular flexibility index (Phi) is 5.23. The number of para-hydroxylation sites is 1. The van der Waals surface area contributed by atoms with Gasteiger partial charge >= 0.3 is 0 Å². The number of rotatable bonds is 4. The van der Waals surface area contributed by atoms with Gasteiger partial charge in [0, 0.05) is 32.4 Å². The van der Waals surface area contributed by atoms with Crippen molar-refractivity contribution in [2.45, 2.75) is 0 Å². The van der Waals surface area contributed by atoms with E-state index in [2.05, 4.69) is 11.1 Å². The third-order valence-corrected chi connectivity index (χ3v) is 4.41. The van der Waals surface area contributed by atoms with E-state index in [0.717, 1.165) is 0 Å². The molecule has 2 aromatic rings. The van der Waals surface area contributed by atoms with Crippen molar-refractivity contribution >= 4 is 11.7 Å². The van der Waals surface area contributed by atoms with Crippen LogP contribution in [-0.4, -0.2) is 56.2 Å². The van der Waals surface area contributed by atoms with E-state index in [1.165, 1.54) is 7.11 Å². The highest BCUT2D eigenvalue weighted by Crippen LogP contribution is 2.31. The lowest BCUT2D eigenvalue weighted by Crippen LogP contribution is -2.49. The lowest BCUT2D eigenvalue weighted by atomic mass is 10.1. The molecule has 7 nitrogen and oxygen atoms in total. The standard InChI is InChI=1S/C19H20N4O3/c1-25-16-7-3-6-15(17(16)26-2)19(24)23-11-9-22(10-12-23)18-14(13-20)5-4-8-21-18/h3-8H,9-12H2,1-2H3. The summed E-state index contributed by atoms with van der Waals surface area (Å²) >= 11 is 0. The van der Waals surface area contributed by atoms with E-state index in [1.807, 2.05) is 4.90 Å². The molecule has 3 rings (SSSR count). The summed E-state index contributed by atoms with van der Waals surface area (Å²) in [4.78, 5) is 21.0. The van der Waals surface area contributed by atoms with Crippen LogP contribution in [0.5, 0.6) is 11.5 Å². The molecule has 0 saturated carbocycles. The smallest absolute Gasteiger partial charge is 0.257 e. The number of carbonyl (C=O) groups is 1. The van der Waals surface area contributed by atoms with Gasteiger partial charge in [-0.25, -0.2) is 4.98 Å². The highest BCUT2D eigenvalue weighted by atomic mass is 16.5. The molecule has 1 amide bonds. The number of methoxy groups -OCH3 is 2. The summed E-state index contributed by atoms with van der Waals surface area (Å²) in [5.74, 6) is 1.55. The number of nitrogens with zero attached hydrogens (tertiary/aromatic N) is 4. The second kappa shape index (κ2) is 7.74. The molecule has 0 aliphatic carbocycles. The van der Waals surface area contributed by atoms with Crippen molar-refractivity contribution in [1.29, 1.82) is 5.26 Å². The van der Waals surface area contributed by atoms with Gasteiger partial charge in [0.1, 0.15) is 11.9 Å². The number of ether oxygens (including phenoxy) is 2. The number of amides is 1. The van der Waals surface area contributed by atoms with E-state index < -0.39 is 0 Å². The number of carbonyl (C=O) groups excluding carboxylic acids is 1. The van der Waals surface area contributed by atoms with Crippen molar-refractivity contribution in [3.05, 3.63) is 47.7 Å². The minimum absolute atomic E-state index is 0.0954. The van der Waals surface area contributed by atoms with Crippen LogP contribution in [0.2, 0.25) is 0 Å². The maximum absolute atomic E-state index is 12.9. The molecule has 0 atom stereocenters. The van der Waals surface area contributed by atoms with Crippen molar-refractivity contribution in [3.8, 4) is 17.6 Å². The van der Waals surface area contributed by atoms with Gasteiger partial charge in [-0.2, -0.15) is 5.26 Å². The van der Waals surface area contributed by atoms with Crippen LogP contribution in [0.15, 0.2) is 36.5 Å². The normalized spacial score (nSPS) is 13.9. The minimum Gasteiger partial charge on any atom is -0.493 e. The predicted molar refractivity (Wildman–Crippen MR) is 96.6 cm³/mol. The molecule has 0 bridgehead atoms. The van der Waals surface area contributed by atoms with Crippen LogP contribution in [0, 0.1) is 11.3 Å². The molecule has 1 fully saturated rings. The summed E-state index contributed by atoms with van der Waals surface area (Å²) in [6.45, 7) is 2.31. The summed E-state index contributed by atoms with van der Waals surface area (Å²) < 4.78 is 10.6. The topological polar surface area (TPSA) is 78.7 Å². The second-order valence-electron chi connectivity index (χ2n) is 5.81. The predicted octanol–water partition coefficient (Wildman–Crippen LogP) is 1.93. The van der Waals surface area contributed by atoms with Crippen LogP contribution in [0.4, 0.5) is 5.82 Å². The molecule has 7 heteroatoms. The molecule has 1 aliphatic heterocycles. The number of hydrogen-bond donors (Lipinski definition) is 0. The third kappa shape index (κ3) is 3.26. The molecule has 1 aromatic carbocycles. The third-order valence-electron chi connectivity index (χ3n) is 4.41. The molecule has 0 N–H and O–H groups in total.